The summed E-state index contributed by atoms with van der Waals surface area (Å²) in [6, 6.07) is 5.81. The number of Topliss-reactive ketones (excluding diaryl/α,β-unsaturated/α-hetero) is 1. The Bertz CT molecular complexity index is 678. The maximum absolute atomic E-state index is 12.0. The molecule has 0 saturated heterocycles. The van der Waals surface area contributed by atoms with Crippen LogP contribution in [0.3, 0.4) is 0 Å². The SMILES string of the molecule is CC(=O)c1ccc(S(=O)(=O)NCCc2ncn[nH]2)cc1. The van der Waals surface area contributed by atoms with Gasteiger partial charge in [-0.15, -0.1) is 0 Å². The lowest BCUT2D eigenvalue weighted by molar-refractivity contribution is 0.101. The fourth-order valence-corrected chi connectivity index (χ4v) is 2.64. The Morgan fingerprint density at radius 1 is 1.30 bits per heavy atom. The quantitative estimate of drug-likeness (QED) is 0.756. The number of ketones is 1. The van der Waals surface area contributed by atoms with Gasteiger partial charge in [-0.25, -0.2) is 18.1 Å². The molecule has 0 bridgehead atoms. The van der Waals surface area contributed by atoms with Gasteiger partial charge in [0.05, 0.1) is 4.90 Å². The molecule has 0 spiro atoms. The summed E-state index contributed by atoms with van der Waals surface area (Å²) >= 11 is 0. The van der Waals surface area contributed by atoms with Gasteiger partial charge in [0.1, 0.15) is 12.2 Å². The normalized spacial score (nSPS) is 11.4. The molecule has 8 heteroatoms. The van der Waals surface area contributed by atoms with Crippen molar-refractivity contribution >= 4 is 15.8 Å². The number of hydrogen-bond acceptors (Lipinski definition) is 5. The van der Waals surface area contributed by atoms with E-state index < -0.39 is 10.0 Å². The van der Waals surface area contributed by atoms with Crippen LogP contribution in [0.1, 0.15) is 23.1 Å². The number of nitrogens with zero attached hydrogens (tertiary/aromatic N) is 2. The molecule has 20 heavy (non-hydrogen) atoms. The van der Waals surface area contributed by atoms with Crippen LogP contribution in [0.5, 0.6) is 0 Å². The van der Waals surface area contributed by atoms with Crippen molar-refractivity contribution in [1.29, 1.82) is 0 Å². The molecule has 7 nitrogen and oxygen atoms in total. The number of aromatic nitrogens is 3. The average molecular weight is 294 g/mol. The first-order chi connectivity index (χ1) is 9.49. The predicted octanol–water partition coefficient (Wildman–Crippen LogP) is 0.528. The van der Waals surface area contributed by atoms with Crippen molar-refractivity contribution in [2.75, 3.05) is 6.54 Å². The van der Waals surface area contributed by atoms with Crippen molar-refractivity contribution in [3.05, 3.63) is 42.0 Å². The highest BCUT2D eigenvalue weighted by molar-refractivity contribution is 7.89. The largest absolute Gasteiger partial charge is 0.295 e. The van der Waals surface area contributed by atoms with Gasteiger partial charge in [-0.05, 0) is 19.1 Å². The lowest BCUT2D eigenvalue weighted by Crippen LogP contribution is -2.26. The summed E-state index contributed by atoms with van der Waals surface area (Å²) in [4.78, 5) is 15.2. The zero-order chi connectivity index (χ0) is 14.6. The number of H-pyrrole nitrogens is 1. The molecule has 2 aromatic rings. The second-order valence-electron chi connectivity index (χ2n) is 4.16. The Morgan fingerprint density at radius 3 is 2.55 bits per heavy atom. The van der Waals surface area contributed by atoms with Crippen LogP contribution in [-0.2, 0) is 16.4 Å². The average Bonchev–Trinajstić information content (AvgIpc) is 2.92. The first kappa shape index (κ1) is 14.4. The van der Waals surface area contributed by atoms with Crippen LogP contribution in [0.25, 0.3) is 0 Å². The first-order valence-corrected chi connectivity index (χ1v) is 7.42. The molecule has 0 aliphatic heterocycles. The first-order valence-electron chi connectivity index (χ1n) is 5.94. The number of carbonyl (C=O) groups excluding carboxylic acids is 1. The van der Waals surface area contributed by atoms with Gasteiger partial charge < -0.3 is 0 Å². The minimum absolute atomic E-state index is 0.104. The van der Waals surface area contributed by atoms with Gasteiger partial charge in [0.15, 0.2) is 5.78 Å². The molecule has 2 N–H and O–H groups in total. The third-order valence-corrected chi connectivity index (χ3v) is 4.17. The number of benzene rings is 1. The summed E-state index contributed by atoms with van der Waals surface area (Å²) in [5.74, 6) is 0.506. The number of rotatable bonds is 6. The van der Waals surface area contributed by atoms with E-state index in [1.54, 1.807) is 0 Å². The van der Waals surface area contributed by atoms with Crippen molar-refractivity contribution in [1.82, 2.24) is 19.9 Å². The highest BCUT2D eigenvalue weighted by Gasteiger charge is 2.13. The van der Waals surface area contributed by atoms with Crippen LogP contribution in [0.4, 0.5) is 0 Å². The molecule has 2 rings (SSSR count). The summed E-state index contributed by atoms with van der Waals surface area (Å²) in [6.07, 6.45) is 1.79. The third kappa shape index (κ3) is 3.49. The molecule has 0 aliphatic carbocycles. The highest BCUT2D eigenvalue weighted by atomic mass is 32.2. The zero-order valence-corrected chi connectivity index (χ0v) is 11.6. The van der Waals surface area contributed by atoms with E-state index in [0.717, 1.165) is 0 Å². The number of hydrogen-bond donors (Lipinski definition) is 2. The number of aromatic amines is 1. The Balaban J connectivity index is 2.00. The summed E-state index contributed by atoms with van der Waals surface area (Å²) < 4.78 is 26.5. The molecule has 0 atom stereocenters. The molecule has 0 radical (unpaired) electrons. The fourth-order valence-electron chi connectivity index (χ4n) is 1.61. The molecule has 0 fully saturated rings. The van der Waals surface area contributed by atoms with Gasteiger partial charge in [0.25, 0.3) is 0 Å². The molecule has 1 aromatic heterocycles. The molecule has 1 heterocycles. The monoisotopic (exact) mass is 294 g/mol. The van der Waals surface area contributed by atoms with Crippen molar-refractivity contribution in [2.45, 2.75) is 18.2 Å². The molecule has 0 amide bonds. The van der Waals surface area contributed by atoms with Gasteiger partial charge >= 0.3 is 0 Å². The van der Waals surface area contributed by atoms with E-state index in [2.05, 4.69) is 19.9 Å². The summed E-state index contributed by atoms with van der Waals surface area (Å²) in [7, 11) is -3.58. The van der Waals surface area contributed by atoms with Crippen LogP contribution in [0.15, 0.2) is 35.5 Å². The van der Waals surface area contributed by atoms with Gasteiger partial charge in [-0.1, -0.05) is 12.1 Å². The van der Waals surface area contributed by atoms with E-state index in [1.165, 1.54) is 37.5 Å². The van der Waals surface area contributed by atoms with Gasteiger partial charge in [-0.3, -0.25) is 9.89 Å². The van der Waals surface area contributed by atoms with Crippen LogP contribution in [-0.4, -0.2) is 35.9 Å². The van der Waals surface area contributed by atoms with E-state index in [0.29, 0.717) is 17.8 Å². The predicted molar refractivity (Wildman–Crippen MR) is 71.7 cm³/mol. The van der Waals surface area contributed by atoms with Crippen molar-refractivity contribution in [2.24, 2.45) is 0 Å². The third-order valence-electron chi connectivity index (χ3n) is 2.69. The Morgan fingerprint density at radius 2 is 2.00 bits per heavy atom. The molecule has 106 valence electrons. The minimum atomic E-state index is -3.58. The second-order valence-corrected chi connectivity index (χ2v) is 5.93. The number of nitrogens with one attached hydrogen (secondary N) is 2. The Kier molecular flexibility index (Phi) is 4.26. The molecule has 1 aromatic carbocycles. The highest BCUT2D eigenvalue weighted by Crippen LogP contribution is 2.10. The Hall–Kier alpha value is -2.06. The van der Waals surface area contributed by atoms with E-state index in [4.69, 9.17) is 0 Å². The molecular formula is C12H14N4O3S. The van der Waals surface area contributed by atoms with Crippen LogP contribution in [0.2, 0.25) is 0 Å². The smallest absolute Gasteiger partial charge is 0.240 e. The maximum atomic E-state index is 12.0. The fraction of sp³-hybridized carbons (Fsp3) is 0.250. The molecule has 0 saturated carbocycles. The second kappa shape index (κ2) is 5.93. The topological polar surface area (TPSA) is 105 Å². The van der Waals surface area contributed by atoms with Crippen LogP contribution in [0, 0.1) is 0 Å². The van der Waals surface area contributed by atoms with Crippen molar-refractivity contribution in [3.8, 4) is 0 Å². The van der Waals surface area contributed by atoms with Crippen LogP contribution < -0.4 is 4.72 Å². The van der Waals surface area contributed by atoms with E-state index in [1.807, 2.05) is 0 Å². The van der Waals surface area contributed by atoms with Crippen molar-refractivity contribution < 1.29 is 13.2 Å². The van der Waals surface area contributed by atoms with Crippen molar-refractivity contribution in [3.63, 3.8) is 0 Å². The number of carbonyl (C=O) groups is 1. The lowest BCUT2D eigenvalue weighted by Gasteiger charge is -2.06. The maximum Gasteiger partial charge on any atom is 0.240 e. The zero-order valence-electron chi connectivity index (χ0n) is 10.8. The summed E-state index contributed by atoms with van der Waals surface area (Å²) in [5.41, 5.74) is 0.477. The van der Waals surface area contributed by atoms with Crippen LogP contribution >= 0.6 is 0 Å². The van der Waals surface area contributed by atoms with Gasteiger partial charge in [-0.2, -0.15) is 5.10 Å². The van der Waals surface area contributed by atoms with Gasteiger partial charge in [0, 0.05) is 18.5 Å². The summed E-state index contributed by atoms with van der Waals surface area (Å²) in [6.45, 7) is 1.64. The minimum Gasteiger partial charge on any atom is -0.295 e. The number of sulfonamides is 1. The standard InChI is InChI=1S/C12H14N4O3S/c1-9(17)10-2-4-11(5-3-10)20(18,19)15-7-6-12-13-8-14-16-12/h2-5,8,15H,6-7H2,1H3,(H,13,14,16). The van der Waals surface area contributed by atoms with E-state index >= 15 is 0 Å². The lowest BCUT2D eigenvalue weighted by atomic mass is 10.2. The molecular weight excluding hydrogens is 280 g/mol. The van der Waals surface area contributed by atoms with E-state index in [-0.39, 0.29) is 17.2 Å². The van der Waals surface area contributed by atoms with Gasteiger partial charge in [0.2, 0.25) is 10.0 Å². The van der Waals surface area contributed by atoms with E-state index in [9.17, 15) is 13.2 Å². The summed E-state index contributed by atoms with van der Waals surface area (Å²) in [5, 5.41) is 6.33. The molecule has 0 aliphatic rings. The Labute approximate surface area is 116 Å². The molecule has 0 unspecified atom stereocenters.